The maximum Gasteiger partial charge on any atom is 0.319 e. The number of H-pyrrole nitrogens is 1. The number of aliphatic hydroxyl groups is 1. The number of carbonyl (C=O) groups is 2. The Morgan fingerprint density at radius 2 is 2.22 bits per heavy atom. The van der Waals surface area contributed by atoms with Gasteiger partial charge in [-0.1, -0.05) is 13.0 Å². The summed E-state index contributed by atoms with van der Waals surface area (Å²) >= 11 is 0. The first-order valence-electron chi connectivity index (χ1n) is 11.4. The average molecular weight is 441 g/mol. The third kappa shape index (κ3) is 5.29. The summed E-state index contributed by atoms with van der Waals surface area (Å²) in [5.74, 6) is -0.618. The van der Waals surface area contributed by atoms with Gasteiger partial charge in [0, 0.05) is 29.2 Å². The highest BCUT2D eigenvalue weighted by molar-refractivity contribution is 5.86. The van der Waals surface area contributed by atoms with E-state index >= 15 is 0 Å². The van der Waals surface area contributed by atoms with Gasteiger partial charge in [0.05, 0.1) is 31.4 Å². The van der Waals surface area contributed by atoms with Crippen molar-refractivity contribution in [2.45, 2.75) is 58.0 Å². The van der Waals surface area contributed by atoms with E-state index in [9.17, 15) is 14.7 Å². The van der Waals surface area contributed by atoms with Crippen molar-refractivity contribution >= 4 is 22.8 Å². The number of fused-ring (bicyclic) bond motifs is 1. The monoisotopic (exact) mass is 440 g/mol. The maximum atomic E-state index is 13.0. The zero-order valence-electron chi connectivity index (χ0n) is 18.8. The summed E-state index contributed by atoms with van der Waals surface area (Å²) in [6.45, 7) is 4.29. The van der Waals surface area contributed by atoms with Crippen molar-refractivity contribution < 1.29 is 19.4 Å². The lowest BCUT2D eigenvalue weighted by Crippen LogP contribution is -2.51. The number of benzene rings is 1. The number of nitrogens with one attached hydrogen (secondary N) is 2. The number of aromatic nitrogens is 1. The molecule has 0 aliphatic carbocycles. The number of ether oxygens (including phenoxy) is 1. The molecule has 0 radical (unpaired) electrons. The Kier molecular flexibility index (Phi) is 8.26. The van der Waals surface area contributed by atoms with E-state index in [2.05, 4.69) is 23.3 Å². The molecule has 1 fully saturated rings. The number of aryl methyl sites for hydroxylation is 2. The third-order valence-corrected chi connectivity index (χ3v) is 6.14. The van der Waals surface area contributed by atoms with Gasteiger partial charge in [-0.05, 0) is 56.7 Å². The summed E-state index contributed by atoms with van der Waals surface area (Å²) in [6.07, 6.45) is 4.34. The maximum absolute atomic E-state index is 13.0. The first-order valence-corrected chi connectivity index (χ1v) is 11.4. The lowest BCUT2D eigenvalue weighted by atomic mass is 10.0. The van der Waals surface area contributed by atoms with Gasteiger partial charge >= 0.3 is 5.97 Å². The highest BCUT2D eigenvalue weighted by atomic mass is 16.5. The van der Waals surface area contributed by atoms with Gasteiger partial charge in [0.15, 0.2) is 0 Å². The molecule has 32 heavy (non-hydrogen) atoms. The van der Waals surface area contributed by atoms with E-state index in [0.717, 1.165) is 48.7 Å². The molecule has 1 saturated heterocycles. The molecule has 0 bridgehead atoms. The zero-order chi connectivity index (χ0) is 23.1. The van der Waals surface area contributed by atoms with Crippen LogP contribution in [-0.2, 0) is 27.2 Å². The van der Waals surface area contributed by atoms with Gasteiger partial charge in [0.25, 0.3) is 0 Å². The van der Waals surface area contributed by atoms with Crippen molar-refractivity contribution in [3.63, 3.8) is 0 Å². The molecule has 2 atom stereocenters. The second kappa shape index (κ2) is 11.1. The molecule has 2 heterocycles. The van der Waals surface area contributed by atoms with Crippen molar-refractivity contribution in [3.8, 4) is 6.07 Å². The van der Waals surface area contributed by atoms with Crippen LogP contribution in [0.3, 0.4) is 0 Å². The predicted octanol–water partition coefficient (Wildman–Crippen LogP) is 2.04. The Morgan fingerprint density at radius 1 is 1.41 bits per heavy atom. The molecule has 2 aromatic rings. The lowest BCUT2D eigenvalue weighted by Gasteiger charge is -2.28. The fourth-order valence-corrected chi connectivity index (χ4v) is 4.58. The molecule has 172 valence electrons. The van der Waals surface area contributed by atoms with Gasteiger partial charge in [-0.3, -0.25) is 14.9 Å². The molecule has 1 amide bonds. The number of nitriles is 1. The predicted molar refractivity (Wildman–Crippen MR) is 121 cm³/mol. The topological polar surface area (TPSA) is 118 Å². The largest absolute Gasteiger partial charge is 0.465 e. The van der Waals surface area contributed by atoms with Crippen LogP contribution in [0.15, 0.2) is 18.2 Å². The van der Waals surface area contributed by atoms with Crippen LogP contribution in [0.1, 0.15) is 49.9 Å². The Bertz CT molecular complexity index is 994. The molecule has 0 spiro atoms. The number of esters is 1. The van der Waals surface area contributed by atoms with Crippen molar-refractivity contribution in [2.75, 3.05) is 26.3 Å². The van der Waals surface area contributed by atoms with Gasteiger partial charge in [0.1, 0.15) is 6.04 Å². The molecular formula is C24H32N4O4. The molecule has 3 rings (SSSR count). The van der Waals surface area contributed by atoms with Crippen molar-refractivity contribution in [1.82, 2.24) is 15.2 Å². The standard InChI is InChI=1S/C24H32N4O4/c1-3-18-19-9-7-16(13-25)12-21(19)27-20(18)10-8-17-6-5-11-28(17)24(31)22(15-29)26-14-23(30)32-4-2/h7,9,12,17,22,26-27,29H,3-6,8,10-11,14-15H2,1-2H3/t17-,22+/m0/s1. The van der Waals surface area contributed by atoms with E-state index in [1.807, 2.05) is 23.1 Å². The van der Waals surface area contributed by atoms with E-state index in [0.29, 0.717) is 12.1 Å². The number of carbonyl (C=O) groups excluding carboxylic acids is 2. The number of likely N-dealkylation sites (tertiary alicyclic amines) is 1. The van der Waals surface area contributed by atoms with E-state index in [-0.39, 0.29) is 31.7 Å². The average Bonchev–Trinajstić information content (AvgIpc) is 3.41. The Hall–Kier alpha value is -2.89. The quantitative estimate of drug-likeness (QED) is 0.487. The smallest absolute Gasteiger partial charge is 0.319 e. The van der Waals surface area contributed by atoms with Crippen LogP contribution in [0.5, 0.6) is 0 Å². The number of rotatable bonds is 10. The van der Waals surface area contributed by atoms with Gasteiger partial charge in [-0.25, -0.2) is 0 Å². The van der Waals surface area contributed by atoms with Crippen molar-refractivity contribution in [1.29, 1.82) is 5.26 Å². The minimum absolute atomic E-state index is 0.0896. The van der Waals surface area contributed by atoms with Crippen LogP contribution in [0.4, 0.5) is 0 Å². The van der Waals surface area contributed by atoms with Gasteiger partial charge in [0.2, 0.25) is 5.91 Å². The highest BCUT2D eigenvalue weighted by Crippen LogP contribution is 2.28. The normalized spacial score (nSPS) is 16.8. The summed E-state index contributed by atoms with van der Waals surface area (Å²) in [5, 5.41) is 22.8. The Balaban J connectivity index is 1.66. The highest BCUT2D eigenvalue weighted by Gasteiger charge is 2.33. The van der Waals surface area contributed by atoms with E-state index in [4.69, 9.17) is 10.00 Å². The molecule has 1 aromatic carbocycles. The zero-order valence-corrected chi connectivity index (χ0v) is 18.8. The fourth-order valence-electron chi connectivity index (χ4n) is 4.58. The number of aliphatic hydroxyl groups excluding tert-OH is 1. The minimum Gasteiger partial charge on any atom is -0.465 e. The molecule has 0 unspecified atom stereocenters. The summed E-state index contributed by atoms with van der Waals surface area (Å²) in [6, 6.07) is 7.18. The second-order valence-electron chi connectivity index (χ2n) is 8.10. The van der Waals surface area contributed by atoms with Crippen LogP contribution >= 0.6 is 0 Å². The van der Waals surface area contributed by atoms with Crippen molar-refractivity contribution in [2.24, 2.45) is 0 Å². The van der Waals surface area contributed by atoms with E-state index in [1.54, 1.807) is 6.92 Å². The van der Waals surface area contributed by atoms with Gasteiger partial charge in [-0.2, -0.15) is 5.26 Å². The minimum atomic E-state index is -0.816. The summed E-state index contributed by atoms with van der Waals surface area (Å²) in [5.41, 5.74) is 4.00. The summed E-state index contributed by atoms with van der Waals surface area (Å²) < 4.78 is 4.88. The number of hydrogen-bond acceptors (Lipinski definition) is 6. The first kappa shape index (κ1) is 23.8. The summed E-state index contributed by atoms with van der Waals surface area (Å²) in [4.78, 5) is 29.9. The van der Waals surface area contributed by atoms with Crippen LogP contribution in [-0.4, -0.2) is 65.3 Å². The molecule has 0 saturated carbocycles. The molecule has 1 aliphatic heterocycles. The number of amides is 1. The van der Waals surface area contributed by atoms with E-state index in [1.165, 1.54) is 5.56 Å². The number of nitrogens with zero attached hydrogens (tertiary/aromatic N) is 2. The Morgan fingerprint density at radius 3 is 2.91 bits per heavy atom. The molecule has 3 N–H and O–H groups in total. The number of hydrogen-bond donors (Lipinski definition) is 3. The van der Waals surface area contributed by atoms with E-state index < -0.39 is 12.0 Å². The van der Waals surface area contributed by atoms with Gasteiger partial charge in [-0.15, -0.1) is 0 Å². The molecule has 8 nitrogen and oxygen atoms in total. The molecule has 8 heteroatoms. The second-order valence-corrected chi connectivity index (χ2v) is 8.10. The van der Waals surface area contributed by atoms with Crippen LogP contribution in [0.25, 0.3) is 10.9 Å². The lowest BCUT2D eigenvalue weighted by molar-refractivity contribution is -0.142. The first-order chi connectivity index (χ1) is 15.5. The van der Waals surface area contributed by atoms with Crippen molar-refractivity contribution in [3.05, 3.63) is 35.0 Å². The molecular weight excluding hydrogens is 408 g/mol. The Labute approximate surface area is 188 Å². The SMILES string of the molecule is CCOC(=O)CN[C@H](CO)C(=O)N1CCC[C@H]1CCc1[nH]c2cc(C#N)ccc2c1CC. The van der Waals surface area contributed by atoms with Crippen LogP contribution in [0.2, 0.25) is 0 Å². The van der Waals surface area contributed by atoms with Gasteiger partial charge < -0.3 is 19.7 Å². The molecule has 1 aliphatic rings. The molecule has 1 aromatic heterocycles. The van der Waals surface area contributed by atoms with Crippen LogP contribution < -0.4 is 5.32 Å². The third-order valence-electron chi connectivity index (χ3n) is 6.14. The summed E-state index contributed by atoms with van der Waals surface area (Å²) in [7, 11) is 0. The fraction of sp³-hybridized carbons (Fsp3) is 0.542. The van der Waals surface area contributed by atoms with Crippen LogP contribution in [0, 0.1) is 11.3 Å². The number of aromatic amines is 1.